The molecule has 57 heavy (non-hydrogen) atoms. The zero-order chi connectivity index (χ0) is 40.1. The van der Waals surface area contributed by atoms with Gasteiger partial charge in [0.05, 0.1) is 6.10 Å². The molecule has 7 atom stereocenters. The van der Waals surface area contributed by atoms with Crippen molar-refractivity contribution < 1.29 is 33.9 Å². The summed E-state index contributed by atoms with van der Waals surface area (Å²) in [6.07, 6.45) is 2.39. The summed E-state index contributed by atoms with van der Waals surface area (Å²) in [6, 6.07) is 18.9. The highest BCUT2D eigenvalue weighted by atomic mass is 16.3. The van der Waals surface area contributed by atoms with Crippen LogP contribution in [0.25, 0.3) is 10.9 Å². The zero-order valence-electron chi connectivity index (χ0n) is 31.9. The van der Waals surface area contributed by atoms with Crippen LogP contribution in [0.4, 0.5) is 0 Å². The van der Waals surface area contributed by atoms with Gasteiger partial charge in [-0.1, -0.05) is 78.9 Å². The summed E-state index contributed by atoms with van der Waals surface area (Å²) < 4.78 is 0. The van der Waals surface area contributed by atoms with Gasteiger partial charge < -0.3 is 41.2 Å². The lowest BCUT2D eigenvalue weighted by atomic mass is 10.0. The average molecular weight is 776 g/mol. The molecule has 0 unspecified atom stereocenters. The first-order chi connectivity index (χ1) is 27.6. The van der Waals surface area contributed by atoms with Crippen molar-refractivity contribution in [1.29, 1.82) is 0 Å². The summed E-state index contributed by atoms with van der Waals surface area (Å²) in [5.41, 5.74) is 3.07. The number of amides is 6. The highest BCUT2D eigenvalue weighted by Crippen LogP contribution is 2.27. The molecular formula is C43H49N7O7. The van der Waals surface area contributed by atoms with E-state index in [4.69, 9.17) is 0 Å². The minimum Gasteiger partial charge on any atom is -0.391 e. The molecule has 4 aromatic rings. The number of carbonyl (C=O) groups excluding carboxylic acids is 6. The van der Waals surface area contributed by atoms with Gasteiger partial charge in [-0.2, -0.15) is 0 Å². The lowest BCUT2D eigenvalue weighted by Crippen LogP contribution is -2.63. The number of aliphatic hydroxyl groups excluding tert-OH is 1. The second-order valence-electron chi connectivity index (χ2n) is 15.2. The third kappa shape index (κ3) is 8.86. The fraction of sp³-hybridized carbons (Fsp3) is 0.395. The number of nitrogens with one attached hydrogen (secondary N) is 5. The predicted octanol–water partition coefficient (Wildman–Crippen LogP) is 1.51. The first kappa shape index (κ1) is 39.2. The number of H-pyrrole nitrogens is 1. The third-order valence-corrected chi connectivity index (χ3v) is 11.3. The molecule has 14 nitrogen and oxygen atoms in total. The molecule has 0 radical (unpaired) electrons. The molecule has 3 aromatic carbocycles. The lowest BCUT2D eigenvalue weighted by molar-refractivity contribution is -0.148. The van der Waals surface area contributed by atoms with E-state index in [1.807, 2.05) is 60.7 Å². The fourth-order valence-corrected chi connectivity index (χ4v) is 8.28. The number of rotatable bonds is 7. The van der Waals surface area contributed by atoms with Crippen molar-refractivity contribution in [3.63, 3.8) is 0 Å². The minimum absolute atomic E-state index is 0.0245. The number of para-hydroxylation sites is 1. The summed E-state index contributed by atoms with van der Waals surface area (Å²) in [6.45, 7) is 1.92. The second-order valence-corrected chi connectivity index (χ2v) is 15.2. The van der Waals surface area contributed by atoms with Gasteiger partial charge in [0, 0.05) is 49.5 Å². The highest BCUT2D eigenvalue weighted by molar-refractivity contribution is 5.99. The Morgan fingerprint density at radius 2 is 1.12 bits per heavy atom. The SMILES string of the molecule is C[C@@H](O)[C@@H]1NC(=O)[C@H](Cc2ccccc2)NC(=O)[C@@H](Cc2c[nH]c3ccccc23)NC(=O)[C@@H]2CCCN2C(=O)[C@@H]2CCCN2C(=O)[C@H](Cc2ccccc2)NC1=O. The van der Waals surface area contributed by atoms with E-state index in [0.717, 1.165) is 22.0 Å². The minimum atomic E-state index is -1.51. The van der Waals surface area contributed by atoms with Gasteiger partial charge in [-0.25, -0.2) is 0 Å². The molecule has 4 heterocycles. The van der Waals surface area contributed by atoms with Crippen LogP contribution in [0, 0.1) is 0 Å². The lowest BCUT2D eigenvalue weighted by Gasteiger charge is -2.34. The summed E-state index contributed by atoms with van der Waals surface area (Å²) in [4.78, 5) is 92.0. The topological polar surface area (TPSA) is 193 Å². The smallest absolute Gasteiger partial charge is 0.246 e. The van der Waals surface area contributed by atoms with E-state index in [1.165, 1.54) is 16.7 Å². The maximum absolute atomic E-state index is 14.5. The summed E-state index contributed by atoms with van der Waals surface area (Å²) >= 11 is 0. The van der Waals surface area contributed by atoms with Gasteiger partial charge in [0.15, 0.2) is 0 Å². The van der Waals surface area contributed by atoms with E-state index in [1.54, 1.807) is 30.5 Å². The molecule has 3 fully saturated rings. The number of carbonyl (C=O) groups is 6. The van der Waals surface area contributed by atoms with Gasteiger partial charge in [0.2, 0.25) is 35.4 Å². The number of aliphatic hydroxyl groups is 1. The third-order valence-electron chi connectivity index (χ3n) is 11.3. The normalized spacial score (nSPS) is 25.8. The second kappa shape index (κ2) is 17.4. The molecule has 3 aliphatic rings. The number of aromatic amines is 1. The number of fused-ring (bicyclic) bond motifs is 3. The molecule has 0 bridgehead atoms. The van der Waals surface area contributed by atoms with Crippen molar-refractivity contribution in [2.24, 2.45) is 0 Å². The molecule has 6 amide bonds. The van der Waals surface area contributed by atoms with Crippen LogP contribution in [-0.2, 0) is 48.0 Å². The van der Waals surface area contributed by atoms with Crippen LogP contribution < -0.4 is 21.3 Å². The molecule has 0 spiro atoms. The van der Waals surface area contributed by atoms with Gasteiger partial charge in [-0.15, -0.1) is 0 Å². The largest absolute Gasteiger partial charge is 0.391 e. The molecule has 6 N–H and O–H groups in total. The Balaban J connectivity index is 1.27. The van der Waals surface area contributed by atoms with Crippen LogP contribution >= 0.6 is 0 Å². The summed E-state index contributed by atoms with van der Waals surface area (Å²) in [7, 11) is 0. The van der Waals surface area contributed by atoms with Crippen LogP contribution in [0.3, 0.4) is 0 Å². The number of benzene rings is 3. The number of nitrogens with zero attached hydrogens (tertiary/aromatic N) is 2. The predicted molar refractivity (Wildman–Crippen MR) is 211 cm³/mol. The number of hydrogen-bond donors (Lipinski definition) is 6. The van der Waals surface area contributed by atoms with Crippen molar-refractivity contribution in [2.45, 2.75) is 94.2 Å². The Morgan fingerprint density at radius 3 is 1.79 bits per heavy atom. The average Bonchev–Trinajstić information content (AvgIpc) is 4.00. The van der Waals surface area contributed by atoms with Crippen LogP contribution in [0.5, 0.6) is 0 Å². The van der Waals surface area contributed by atoms with Gasteiger partial charge in [0.25, 0.3) is 0 Å². The summed E-state index contributed by atoms with van der Waals surface area (Å²) in [5.74, 6) is -3.54. The van der Waals surface area contributed by atoms with Crippen LogP contribution in [0.2, 0.25) is 0 Å². The van der Waals surface area contributed by atoms with E-state index in [9.17, 15) is 33.9 Å². The van der Waals surface area contributed by atoms with Crippen LogP contribution in [0.1, 0.15) is 49.3 Å². The zero-order valence-corrected chi connectivity index (χ0v) is 31.9. The molecule has 0 saturated carbocycles. The van der Waals surface area contributed by atoms with E-state index in [2.05, 4.69) is 26.3 Å². The maximum Gasteiger partial charge on any atom is 0.246 e. The van der Waals surface area contributed by atoms with Crippen molar-refractivity contribution >= 4 is 46.3 Å². The Bertz CT molecular complexity index is 2110. The number of aromatic nitrogens is 1. The Morgan fingerprint density at radius 1 is 0.596 bits per heavy atom. The van der Waals surface area contributed by atoms with E-state index in [0.29, 0.717) is 37.8 Å². The van der Waals surface area contributed by atoms with E-state index in [-0.39, 0.29) is 31.7 Å². The first-order valence-electron chi connectivity index (χ1n) is 19.7. The van der Waals surface area contributed by atoms with Gasteiger partial charge in [-0.05, 0) is 55.4 Å². The first-order valence-corrected chi connectivity index (χ1v) is 19.7. The Labute approximate surface area is 330 Å². The molecule has 298 valence electrons. The quantitative estimate of drug-likeness (QED) is 0.164. The van der Waals surface area contributed by atoms with Crippen molar-refractivity contribution in [1.82, 2.24) is 36.1 Å². The van der Waals surface area contributed by atoms with Gasteiger partial charge in [-0.3, -0.25) is 28.8 Å². The molecule has 3 aliphatic heterocycles. The monoisotopic (exact) mass is 775 g/mol. The highest BCUT2D eigenvalue weighted by Gasteiger charge is 2.45. The Hall–Kier alpha value is -6.02. The molecule has 7 rings (SSSR count). The molecule has 1 aromatic heterocycles. The van der Waals surface area contributed by atoms with Crippen LogP contribution in [0.15, 0.2) is 91.1 Å². The van der Waals surface area contributed by atoms with E-state index < -0.39 is 71.9 Å². The molecule has 0 aliphatic carbocycles. The Kier molecular flexibility index (Phi) is 12.0. The van der Waals surface area contributed by atoms with Gasteiger partial charge >= 0.3 is 0 Å². The van der Waals surface area contributed by atoms with Crippen molar-refractivity contribution in [3.05, 3.63) is 108 Å². The van der Waals surface area contributed by atoms with Crippen molar-refractivity contribution in [3.8, 4) is 0 Å². The summed E-state index contributed by atoms with van der Waals surface area (Å²) in [5, 5.41) is 23.0. The standard InChI is InChI=1S/C43H49N7O7/c1-26(51)37-41(55)47-34(23-28-14-6-3-7-15-28)42(56)50-21-11-19-36(50)43(57)49-20-10-18-35(49)40(54)46-33(24-29-25-44-31-17-9-8-16-30(29)31)38(52)45-32(39(53)48-37)22-27-12-4-2-5-13-27/h2-9,12-17,25-26,32-37,44,51H,10-11,18-24H2,1H3,(H,45,52)(H,46,54)(H,47,55)(H,48,53)/t26-,32+,33-,34+,35+,36+,37+/m1/s1. The van der Waals surface area contributed by atoms with E-state index >= 15 is 0 Å². The van der Waals surface area contributed by atoms with Crippen molar-refractivity contribution in [2.75, 3.05) is 13.1 Å². The molecular weight excluding hydrogens is 727 g/mol. The number of hydrogen-bond acceptors (Lipinski definition) is 7. The maximum atomic E-state index is 14.5. The molecule has 3 saturated heterocycles. The molecule has 14 heteroatoms. The van der Waals surface area contributed by atoms with Crippen LogP contribution in [-0.4, -0.2) is 111 Å². The fourth-order valence-electron chi connectivity index (χ4n) is 8.28. The van der Waals surface area contributed by atoms with Gasteiger partial charge in [0.1, 0.15) is 36.3 Å².